The molecule has 5 N–H and O–H groups in total. The minimum Gasteiger partial charge on any atom is -0.409 e. The number of nitrogens with zero attached hydrogens (tertiary/aromatic N) is 2. The molecular weight excluding hydrogens is 234 g/mol. The van der Waals surface area contributed by atoms with Gasteiger partial charge in [0, 0.05) is 18.7 Å². The lowest BCUT2D eigenvalue weighted by Gasteiger charge is -2.10. The summed E-state index contributed by atoms with van der Waals surface area (Å²) >= 11 is 0. The van der Waals surface area contributed by atoms with Gasteiger partial charge in [-0.2, -0.15) is 5.10 Å². The molecule has 0 spiro atoms. The van der Waals surface area contributed by atoms with Gasteiger partial charge in [-0.25, -0.2) is 13.1 Å². The van der Waals surface area contributed by atoms with Gasteiger partial charge in [0.2, 0.25) is 10.0 Å². The highest BCUT2D eigenvalue weighted by Crippen LogP contribution is 2.05. The van der Waals surface area contributed by atoms with E-state index >= 15 is 0 Å². The van der Waals surface area contributed by atoms with Gasteiger partial charge >= 0.3 is 0 Å². The van der Waals surface area contributed by atoms with E-state index in [4.69, 9.17) is 10.9 Å². The van der Waals surface area contributed by atoms with Crippen LogP contribution in [0.2, 0.25) is 0 Å². The van der Waals surface area contributed by atoms with Crippen LogP contribution in [0.15, 0.2) is 22.4 Å². The van der Waals surface area contributed by atoms with Crippen molar-refractivity contribution in [3.8, 4) is 0 Å². The second kappa shape index (κ2) is 4.94. The average Bonchev–Trinajstić information content (AvgIpc) is 2.78. The second-order valence-corrected chi connectivity index (χ2v) is 4.98. The first-order chi connectivity index (χ1) is 7.47. The first kappa shape index (κ1) is 12.5. The van der Waals surface area contributed by atoms with E-state index in [0.29, 0.717) is 0 Å². The molecule has 0 aliphatic rings. The Morgan fingerprint density at radius 1 is 1.81 bits per heavy atom. The molecule has 9 heteroatoms. The highest BCUT2D eigenvalue weighted by Gasteiger charge is 2.17. The van der Waals surface area contributed by atoms with E-state index in [9.17, 15) is 8.42 Å². The summed E-state index contributed by atoms with van der Waals surface area (Å²) in [5.74, 6) is -0.429. The third-order valence-corrected chi connectivity index (χ3v) is 3.37. The normalized spacial score (nSPS) is 14.9. The number of nitrogens with two attached hydrogens (primary N) is 1. The number of oxime groups is 1. The summed E-state index contributed by atoms with van der Waals surface area (Å²) in [6.07, 6.45) is 2.45. The summed E-state index contributed by atoms with van der Waals surface area (Å²) in [6.45, 7) is 1.68. The molecule has 0 radical (unpaired) electrons. The predicted octanol–water partition coefficient (Wildman–Crippen LogP) is -0.929. The number of H-pyrrole nitrogens is 1. The molecule has 1 unspecified atom stereocenters. The van der Waals surface area contributed by atoms with Crippen molar-refractivity contribution in [1.29, 1.82) is 0 Å². The predicted molar refractivity (Wildman–Crippen MR) is 56.3 cm³/mol. The molecule has 0 aromatic carbocycles. The number of nitrogens with one attached hydrogen (secondary N) is 2. The SMILES string of the molecule is CC(CNS(=O)(=O)c1cn[nH]c1)C(N)=NO. The van der Waals surface area contributed by atoms with E-state index in [2.05, 4.69) is 20.1 Å². The van der Waals surface area contributed by atoms with Gasteiger partial charge in [-0.15, -0.1) is 0 Å². The molecule has 1 aromatic heterocycles. The highest BCUT2D eigenvalue weighted by atomic mass is 32.2. The lowest BCUT2D eigenvalue weighted by Crippen LogP contribution is -2.34. The largest absolute Gasteiger partial charge is 0.409 e. The van der Waals surface area contributed by atoms with E-state index in [1.165, 1.54) is 12.4 Å². The first-order valence-corrected chi connectivity index (χ1v) is 5.91. The monoisotopic (exact) mass is 247 g/mol. The van der Waals surface area contributed by atoms with Crippen LogP contribution in [0.5, 0.6) is 0 Å². The van der Waals surface area contributed by atoms with Gasteiger partial charge in [0.25, 0.3) is 0 Å². The van der Waals surface area contributed by atoms with Crippen LogP contribution >= 0.6 is 0 Å². The Morgan fingerprint density at radius 3 is 3.00 bits per heavy atom. The maximum Gasteiger partial charge on any atom is 0.243 e. The number of aromatic nitrogens is 2. The number of hydrogen-bond donors (Lipinski definition) is 4. The zero-order chi connectivity index (χ0) is 12.2. The van der Waals surface area contributed by atoms with E-state index < -0.39 is 15.9 Å². The van der Waals surface area contributed by atoms with Gasteiger partial charge in [-0.3, -0.25) is 5.10 Å². The van der Waals surface area contributed by atoms with E-state index in [1.54, 1.807) is 6.92 Å². The summed E-state index contributed by atoms with van der Waals surface area (Å²) in [6, 6.07) is 0. The Bertz CT molecular complexity index is 452. The highest BCUT2D eigenvalue weighted by molar-refractivity contribution is 7.89. The van der Waals surface area contributed by atoms with Crippen LogP contribution in [0.4, 0.5) is 0 Å². The van der Waals surface area contributed by atoms with Crippen molar-refractivity contribution in [2.24, 2.45) is 16.8 Å². The van der Waals surface area contributed by atoms with E-state index in [1.807, 2.05) is 0 Å². The molecule has 90 valence electrons. The van der Waals surface area contributed by atoms with E-state index in [0.717, 1.165) is 0 Å². The molecule has 0 aliphatic heterocycles. The summed E-state index contributed by atoms with van der Waals surface area (Å²) < 4.78 is 25.5. The summed E-state index contributed by atoms with van der Waals surface area (Å²) in [4.78, 5) is 0.0409. The fourth-order valence-corrected chi connectivity index (χ4v) is 1.94. The van der Waals surface area contributed by atoms with Crippen LogP contribution < -0.4 is 10.5 Å². The van der Waals surface area contributed by atoms with Gasteiger partial charge in [0.05, 0.1) is 6.20 Å². The number of rotatable bonds is 5. The molecule has 8 nitrogen and oxygen atoms in total. The average molecular weight is 247 g/mol. The lowest BCUT2D eigenvalue weighted by molar-refractivity contribution is 0.314. The summed E-state index contributed by atoms with van der Waals surface area (Å²) in [7, 11) is -3.59. The molecule has 1 heterocycles. The van der Waals surface area contributed by atoms with Gasteiger partial charge < -0.3 is 10.9 Å². The van der Waals surface area contributed by atoms with Gasteiger partial charge in [0.15, 0.2) is 0 Å². The molecule has 1 rings (SSSR count). The smallest absolute Gasteiger partial charge is 0.243 e. The number of sulfonamides is 1. The molecular formula is C7H13N5O3S. The van der Waals surface area contributed by atoms with Crippen molar-refractivity contribution in [2.45, 2.75) is 11.8 Å². The molecule has 0 saturated heterocycles. The fraction of sp³-hybridized carbons (Fsp3) is 0.429. The number of amidine groups is 1. The quantitative estimate of drug-likeness (QED) is 0.231. The molecule has 16 heavy (non-hydrogen) atoms. The van der Waals surface area contributed by atoms with E-state index in [-0.39, 0.29) is 17.3 Å². The first-order valence-electron chi connectivity index (χ1n) is 4.43. The Labute approximate surface area is 92.6 Å². The van der Waals surface area contributed by atoms with Crippen LogP contribution in [0.1, 0.15) is 6.92 Å². The Balaban J connectivity index is 2.63. The van der Waals surface area contributed by atoms with Crippen molar-refractivity contribution in [1.82, 2.24) is 14.9 Å². The van der Waals surface area contributed by atoms with Crippen molar-refractivity contribution in [3.63, 3.8) is 0 Å². The van der Waals surface area contributed by atoms with Gasteiger partial charge in [-0.05, 0) is 0 Å². The summed E-state index contributed by atoms with van der Waals surface area (Å²) in [5, 5.41) is 17.1. The zero-order valence-corrected chi connectivity index (χ0v) is 9.40. The van der Waals surface area contributed by atoms with Crippen molar-refractivity contribution in [3.05, 3.63) is 12.4 Å². The molecule has 1 aromatic rings. The van der Waals surface area contributed by atoms with Crippen LogP contribution in [-0.4, -0.2) is 36.2 Å². The molecule has 0 bridgehead atoms. The van der Waals surface area contributed by atoms with Gasteiger partial charge in [-0.1, -0.05) is 12.1 Å². The van der Waals surface area contributed by atoms with Crippen LogP contribution in [0.3, 0.4) is 0 Å². The minimum atomic E-state index is -3.59. The number of aromatic amines is 1. The third-order valence-electron chi connectivity index (χ3n) is 1.98. The minimum absolute atomic E-state index is 0.0325. The number of hydrogen-bond acceptors (Lipinski definition) is 5. The van der Waals surface area contributed by atoms with Crippen LogP contribution in [0.25, 0.3) is 0 Å². The fourth-order valence-electron chi connectivity index (χ4n) is 0.907. The Kier molecular flexibility index (Phi) is 3.85. The molecule has 0 aliphatic carbocycles. The maximum absolute atomic E-state index is 11.6. The molecule has 0 saturated carbocycles. The van der Waals surface area contributed by atoms with Crippen molar-refractivity contribution >= 4 is 15.9 Å². The Hall–Kier alpha value is -1.61. The maximum atomic E-state index is 11.6. The van der Waals surface area contributed by atoms with Crippen molar-refractivity contribution < 1.29 is 13.6 Å². The third kappa shape index (κ3) is 2.94. The molecule has 0 amide bonds. The standard InChI is InChI=1S/C7H13N5O3S/c1-5(7(8)12-13)2-11-16(14,15)6-3-9-10-4-6/h3-5,11,13H,2H2,1H3,(H2,8,12)(H,9,10). The second-order valence-electron chi connectivity index (χ2n) is 3.21. The Morgan fingerprint density at radius 2 is 2.50 bits per heavy atom. The van der Waals surface area contributed by atoms with Crippen LogP contribution in [-0.2, 0) is 10.0 Å². The molecule has 0 fully saturated rings. The zero-order valence-electron chi connectivity index (χ0n) is 8.58. The topological polar surface area (TPSA) is 133 Å². The van der Waals surface area contributed by atoms with Gasteiger partial charge in [0.1, 0.15) is 10.7 Å². The summed E-state index contributed by atoms with van der Waals surface area (Å²) in [5.41, 5.74) is 5.31. The van der Waals surface area contributed by atoms with Crippen molar-refractivity contribution in [2.75, 3.05) is 6.54 Å². The lowest BCUT2D eigenvalue weighted by atomic mass is 10.2. The van der Waals surface area contributed by atoms with Crippen LogP contribution in [0, 0.1) is 5.92 Å². The molecule has 1 atom stereocenters.